The van der Waals surface area contributed by atoms with Crippen LogP contribution in [0, 0.1) is 0 Å². The molecule has 7 heteroatoms. The lowest BCUT2D eigenvalue weighted by Crippen LogP contribution is -2.28. The van der Waals surface area contributed by atoms with Crippen LogP contribution in [0.25, 0.3) is 0 Å². The first-order chi connectivity index (χ1) is 11.2. The molecule has 2 N–H and O–H groups in total. The highest BCUT2D eigenvalue weighted by molar-refractivity contribution is 9.10. The number of aromatic nitrogens is 2. The number of hydrogen-bond donors (Lipinski definition) is 2. The zero-order valence-corrected chi connectivity index (χ0v) is 15.0. The fourth-order valence-corrected chi connectivity index (χ4v) is 2.90. The number of thiocarbonyl (C=S) groups is 1. The van der Waals surface area contributed by atoms with E-state index < -0.39 is 0 Å². The molecule has 1 aromatic carbocycles. The molecule has 1 fully saturated rings. The highest BCUT2D eigenvalue weighted by Crippen LogP contribution is 2.20. The first-order valence-electron chi connectivity index (χ1n) is 7.57. The summed E-state index contributed by atoms with van der Waals surface area (Å²) >= 11 is 8.52. The average Bonchev–Trinajstić information content (AvgIpc) is 3.10. The molecular formula is C16H18BrN5S. The van der Waals surface area contributed by atoms with Crippen molar-refractivity contribution >= 4 is 44.8 Å². The van der Waals surface area contributed by atoms with Crippen LogP contribution in [0.5, 0.6) is 0 Å². The second-order valence-corrected chi connectivity index (χ2v) is 6.61. The quantitative estimate of drug-likeness (QED) is 0.779. The van der Waals surface area contributed by atoms with Crippen LogP contribution >= 0.6 is 28.1 Å². The largest absolute Gasteiger partial charge is 0.372 e. The standard InChI is InChI=1S/C16H18BrN5S/c17-14-10-19-15(11-18-14)21-16(23)20-9-12-3-5-13(6-4-12)22-7-1-2-8-22/h3-6,10-11H,1-2,7-9H2,(H2,19,20,21,23). The molecule has 0 spiro atoms. The molecule has 3 rings (SSSR count). The fraction of sp³-hybridized carbons (Fsp3) is 0.312. The van der Waals surface area contributed by atoms with Crippen molar-refractivity contribution in [2.24, 2.45) is 0 Å². The second kappa shape index (κ2) is 7.70. The molecule has 0 atom stereocenters. The van der Waals surface area contributed by atoms with Gasteiger partial charge >= 0.3 is 0 Å². The SMILES string of the molecule is S=C(NCc1ccc(N2CCCC2)cc1)Nc1cnc(Br)cn1. The summed E-state index contributed by atoms with van der Waals surface area (Å²) in [5, 5.41) is 6.72. The summed E-state index contributed by atoms with van der Waals surface area (Å²) in [4.78, 5) is 10.7. The summed E-state index contributed by atoms with van der Waals surface area (Å²) in [6, 6.07) is 8.64. The van der Waals surface area contributed by atoms with Crippen molar-refractivity contribution in [2.75, 3.05) is 23.3 Å². The van der Waals surface area contributed by atoms with E-state index in [2.05, 4.69) is 65.7 Å². The Labute approximate surface area is 149 Å². The van der Waals surface area contributed by atoms with Crippen LogP contribution in [0.3, 0.4) is 0 Å². The van der Waals surface area contributed by atoms with E-state index in [9.17, 15) is 0 Å². The molecule has 1 aliphatic heterocycles. The van der Waals surface area contributed by atoms with Crippen molar-refractivity contribution in [1.82, 2.24) is 15.3 Å². The monoisotopic (exact) mass is 391 g/mol. The number of benzene rings is 1. The molecule has 1 saturated heterocycles. The molecule has 0 bridgehead atoms. The molecule has 1 aromatic heterocycles. The minimum atomic E-state index is 0.533. The van der Waals surface area contributed by atoms with Crippen molar-refractivity contribution in [3.8, 4) is 0 Å². The minimum absolute atomic E-state index is 0.533. The molecule has 1 aliphatic rings. The van der Waals surface area contributed by atoms with Gasteiger partial charge in [-0.05, 0) is 58.7 Å². The average molecular weight is 392 g/mol. The zero-order valence-electron chi connectivity index (χ0n) is 12.6. The summed E-state index contributed by atoms with van der Waals surface area (Å²) < 4.78 is 0.694. The third-order valence-electron chi connectivity index (χ3n) is 3.72. The fourth-order valence-electron chi connectivity index (χ4n) is 2.52. The predicted octanol–water partition coefficient (Wildman–Crippen LogP) is 3.33. The Kier molecular flexibility index (Phi) is 5.40. The summed E-state index contributed by atoms with van der Waals surface area (Å²) in [6.07, 6.45) is 5.84. The molecule has 0 radical (unpaired) electrons. The molecular weight excluding hydrogens is 374 g/mol. The Morgan fingerprint density at radius 3 is 2.52 bits per heavy atom. The number of hydrogen-bond acceptors (Lipinski definition) is 4. The molecule has 2 heterocycles. The molecule has 0 amide bonds. The molecule has 2 aromatic rings. The maximum atomic E-state index is 5.27. The second-order valence-electron chi connectivity index (χ2n) is 5.39. The van der Waals surface area contributed by atoms with E-state index in [1.807, 2.05) is 0 Å². The van der Waals surface area contributed by atoms with Gasteiger partial charge in [-0.2, -0.15) is 0 Å². The summed E-state index contributed by atoms with van der Waals surface area (Å²) in [5.41, 5.74) is 2.50. The first-order valence-corrected chi connectivity index (χ1v) is 8.77. The summed E-state index contributed by atoms with van der Waals surface area (Å²) in [7, 11) is 0. The Hall–Kier alpha value is -1.73. The number of halogens is 1. The third kappa shape index (κ3) is 4.62. The lowest BCUT2D eigenvalue weighted by molar-refractivity contribution is 0.919. The number of rotatable bonds is 4. The van der Waals surface area contributed by atoms with Crippen LogP contribution < -0.4 is 15.5 Å². The van der Waals surface area contributed by atoms with Gasteiger partial charge in [0.2, 0.25) is 0 Å². The zero-order chi connectivity index (χ0) is 16.1. The highest BCUT2D eigenvalue weighted by atomic mass is 79.9. The van der Waals surface area contributed by atoms with Gasteiger partial charge in [0, 0.05) is 25.3 Å². The van der Waals surface area contributed by atoms with E-state index in [1.165, 1.54) is 37.2 Å². The molecule has 5 nitrogen and oxygen atoms in total. The maximum absolute atomic E-state index is 5.27. The molecule has 0 saturated carbocycles. The van der Waals surface area contributed by atoms with Crippen LogP contribution in [0.2, 0.25) is 0 Å². The van der Waals surface area contributed by atoms with E-state index in [4.69, 9.17) is 12.2 Å². The van der Waals surface area contributed by atoms with Gasteiger partial charge in [-0.15, -0.1) is 0 Å². The Balaban J connectivity index is 1.49. The Bertz CT molecular complexity index is 653. The topological polar surface area (TPSA) is 53.1 Å². The van der Waals surface area contributed by atoms with Gasteiger partial charge in [0.05, 0.1) is 12.4 Å². The van der Waals surface area contributed by atoms with E-state index in [1.54, 1.807) is 12.4 Å². The van der Waals surface area contributed by atoms with Crippen LogP contribution in [0.4, 0.5) is 11.5 Å². The van der Waals surface area contributed by atoms with Gasteiger partial charge < -0.3 is 15.5 Å². The van der Waals surface area contributed by atoms with Crippen molar-refractivity contribution in [1.29, 1.82) is 0 Å². The summed E-state index contributed by atoms with van der Waals surface area (Å²) in [6.45, 7) is 3.01. The van der Waals surface area contributed by atoms with Crippen molar-refractivity contribution < 1.29 is 0 Å². The predicted molar refractivity (Wildman–Crippen MR) is 101 cm³/mol. The van der Waals surface area contributed by atoms with E-state index >= 15 is 0 Å². The first kappa shape index (κ1) is 16.1. The number of nitrogens with one attached hydrogen (secondary N) is 2. The smallest absolute Gasteiger partial charge is 0.172 e. The number of nitrogens with zero attached hydrogens (tertiary/aromatic N) is 3. The van der Waals surface area contributed by atoms with Crippen molar-refractivity contribution in [2.45, 2.75) is 19.4 Å². The highest BCUT2D eigenvalue weighted by Gasteiger charge is 2.11. The van der Waals surface area contributed by atoms with Gasteiger partial charge in [0.1, 0.15) is 4.60 Å². The van der Waals surface area contributed by atoms with Gasteiger partial charge in [-0.25, -0.2) is 9.97 Å². The van der Waals surface area contributed by atoms with Crippen molar-refractivity contribution in [3.05, 3.63) is 46.8 Å². The van der Waals surface area contributed by atoms with Gasteiger partial charge in [0.25, 0.3) is 0 Å². The lowest BCUT2D eigenvalue weighted by Gasteiger charge is -2.18. The molecule has 0 aliphatic carbocycles. The van der Waals surface area contributed by atoms with Crippen LogP contribution in [-0.4, -0.2) is 28.2 Å². The Morgan fingerprint density at radius 2 is 1.87 bits per heavy atom. The summed E-state index contributed by atoms with van der Waals surface area (Å²) in [5.74, 6) is 0.620. The van der Waals surface area contributed by atoms with Crippen LogP contribution in [-0.2, 0) is 6.54 Å². The van der Waals surface area contributed by atoms with E-state index in [-0.39, 0.29) is 0 Å². The lowest BCUT2D eigenvalue weighted by atomic mass is 10.2. The van der Waals surface area contributed by atoms with E-state index in [0.29, 0.717) is 22.1 Å². The third-order valence-corrected chi connectivity index (χ3v) is 4.38. The van der Waals surface area contributed by atoms with E-state index in [0.717, 1.165) is 0 Å². The normalized spacial score (nSPS) is 13.9. The molecule has 0 unspecified atom stereocenters. The van der Waals surface area contributed by atoms with Crippen LogP contribution in [0.1, 0.15) is 18.4 Å². The number of anilines is 2. The Morgan fingerprint density at radius 1 is 1.13 bits per heavy atom. The molecule has 120 valence electrons. The maximum Gasteiger partial charge on any atom is 0.172 e. The van der Waals surface area contributed by atoms with Crippen LogP contribution in [0.15, 0.2) is 41.3 Å². The minimum Gasteiger partial charge on any atom is -0.372 e. The van der Waals surface area contributed by atoms with Gasteiger partial charge in [0.15, 0.2) is 10.9 Å². The molecule has 23 heavy (non-hydrogen) atoms. The van der Waals surface area contributed by atoms with Gasteiger partial charge in [-0.1, -0.05) is 12.1 Å². The van der Waals surface area contributed by atoms with Gasteiger partial charge in [-0.3, -0.25) is 0 Å². The van der Waals surface area contributed by atoms with Crippen molar-refractivity contribution in [3.63, 3.8) is 0 Å².